The van der Waals surface area contributed by atoms with Gasteiger partial charge in [0.05, 0.1) is 22.8 Å². The summed E-state index contributed by atoms with van der Waals surface area (Å²) in [5, 5.41) is 5.14. The summed E-state index contributed by atoms with van der Waals surface area (Å²) in [5.41, 5.74) is 0.330. The van der Waals surface area contributed by atoms with Crippen LogP contribution in [0.2, 0.25) is 10.0 Å². The molecule has 0 spiro atoms. The number of hydrogen-bond donors (Lipinski definition) is 2. The second-order valence-corrected chi connectivity index (χ2v) is 6.74. The van der Waals surface area contributed by atoms with Crippen LogP contribution in [-0.2, 0) is 9.59 Å². The molecule has 29 heavy (non-hydrogen) atoms. The van der Waals surface area contributed by atoms with Gasteiger partial charge in [0.1, 0.15) is 18.1 Å². The first-order chi connectivity index (χ1) is 13.8. The predicted molar refractivity (Wildman–Crippen MR) is 106 cm³/mol. The highest BCUT2D eigenvalue weighted by molar-refractivity contribution is 6.37. The summed E-state index contributed by atoms with van der Waals surface area (Å²) in [6, 6.07) is 7.78. The van der Waals surface area contributed by atoms with Crippen molar-refractivity contribution in [2.75, 3.05) is 19.0 Å². The number of hydrogen-bond acceptors (Lipinski definition) is 4. The van der Waals surface area contributed by atoms with Crippen molar-refractivity contribution < 1.29 is 23.5 Å². The largest absolute Gasteiger partial charge is 0.494 e. The maximum absolute atomic E-state index is 13.6. The van der Waals surface area contributed by atoms with Crippen molar-refractivity contribution in [1.82, 2.24) is 10.2 Å². The number of ether oxygens (including phenoxy) is 1. The van der Waals surface area contributed by atoms with Gasteiger partial charge in [-0.3, -0.25) is 9.59 Å². The third-order valence-corrected chi connectivity index (χ3v) is 4.51. The molecule has 0 atom stereocenters. The van der Waals surface area contributed by atoms with E-state index in [0.29, 0.717) is 10.5 Å². The number of halogens is 3. The number of urea groups is 1. The standard InChI is InChI=1S/C19H14Cl2FN3O4/c1-29-17-11(20)6-10(7-12(17)21)8-15-18(27)25(19(28)24-15)9-16(26)23-14-5-3-2-4-13(14)22/h2-8H,9H2,1H3,(H,23,26)(H,24,28)/b15-8+. The van der Waals surface area contributed by atoms with Gasteiger partial charge >= 0.3 is 6.03 Å². The first-order valence-corrected chi connectivity index (χ1v) is 8.97. The highest BCUT2D eigenvalue weighted by Gasteiger charge is 2.35. The number of carbonyl (C=O) groups is 3. The van der Waals surface area contributed by atoms with E-state index in [1.807, 2.05) is 0 Å². The summed E-state index contributed by atoms with van der Waals surface area (Å²) in [7, 11) is 1.41. The molecule has 10 heteroatoms. The SMILES string of the molecule is COc1c(Cl)cc(/C=C2/NC(=O)N(CC(=O)Nc3ccccc3F)C2=O)cc1Cl. The average Bonchev–Trinajstić information content (AvgIpc) is 2.91. The molecule has 0 bridgehead atoms. The zero-order chi connectivity index (χ0) is 21.1. The maximum atomic E-state index is 13.6. The molecule has 2 N–H and O–H groups in total. The fourth-order valence-corrected chi connectivity index (χ4v) is 3.29. The number of nitrogens with zero attached hydrogens (tertiary/aromatic N) is 1. The van der Waals surface area contributed by atoms with E-state index in [-0.39, 0.29) is 27.2 Å². The molecule has 1 aliphatic rings. The molecule has 4 amide bonds. The van der Waals surface area contributed by atoms with Gasteiger partial charge in [-0.1, -0.05) is 35.3 Å². The van der Waals surface area contributed by atoms with Crippen LogP contribution < -0.4 is 15.4 Å². The first kappa shape index (κ1) is 20.6. The average molecular weight is 438 g/mol. The van der Waals surface area contributed by atoms with Crippen LogP contribution in [0.5, 0.6) is 5.75 Å². The van der Waals surface area contributed by atoms with E-state index in [0.717, 1.165) is 0 Å². The van der Waals surface area contributed by atoms with Crippen molar-refractivity contribution in [2.45, 2.75) is 0 Å². The van der Waals surface area contributed by atoms with E-state index < -0.39 is 30.2 Å². The van der Waals surface area contributed by atoms with Crippen molar-refractivity contribution in [3.63, 3.8) is 0 Å². The van der Waals surface area contributed by atoms with Crippen molar-refractivity contribution in [3.8, 4) is 5.75 Å². The number of methoxy groups -OCH3 is 1. The molecular weight excluding hydrogens is 424 g/mol. The van der Waals surface area contributed by atoms with E-state index in [1.54, 1.807) is 6.07 Å². The van der Waals surface area contributed by atoms with Crippen LogP contribution in [0, 0.1) is 5.82 Å². The summed E-state index contributed by atoms with van der Waals surface area (Å²) in [6.45, 7) is -0.583. The van der Waals surface area contributed by atoms with Gasteiger partial charge in [0.2, 0.25) is 5.91 Å². The maximum Gasteiger partial charge on any atom is 0.329 e. The van der Waals surface area contributed by atoms with Crippen molar-refractivity contribution in [1.29, 1.82) is 0 Å². The summed E-state index contributed by atoms with van der Waals surface area (Å²) in [4.78, 5) is 37.4. The fourth-order valence-electron chi connectivity index (χ4n) is 2.64. The number of carbonyl (C=O) groups excluding carboxylic acids is 3. The second-order valence-electron chi connectivity index (χ2n) is 5.93. The summed E-state index contributed by atoms with van der Waals surface area (Å²) >= 11 is 12.1. The van der Waals surface area contributed by atoms with Crippen LogP contribution in [0.25, 0.3) is 6.08 Å². The lowest BCUT2D eigenvalue weighted by molar-refractivity contribution is -0.127. The highest BCUT2D eigenvalue weighted by atomic mass is 35.5. The van der Waals surface area contributed by atoms with Gasteiger partial charge < -0.3 is 15.4 Å². The van der Waals surface area contributed by atoms with Gasteiger partial charge in [0, 0.05) is 0 Å². The van der Waals surface area contributed by atoms with E-state index in [4.69, 9.17) is 27.9 Å². The molecule has 150 valence electrons. The van der Waals surface area contributed by atoms with Crippen LogP contribution in [0.15, 0.2) is 42.1 Å². The number of nitrogens with one attached hydrogen (secondary N) is 2. The van der Waals surface area contributed by atoms with E-state index >= 15 is 0 Å². The van der Waals surface area contributed by atoms with E-state index in [2.05, 4.69) is 10.6 Å². The molecule has 1 heterocycles. The molecular formula is C19H14Cl2FN3O4. The minimum atomic E-state index is -0.782. The Kier molecular flexibility index (Phi) is 6.05. The molecule has 0 aromatic heterocycles. The molecule has 0 saturated carbocycles. The smallest absolute Gasteiger partial charge is 0.329 e. The lowest BCUT2D eigenvalue weighted by atomic mass is 10.2. The Hall–Kier alpha value is -3.10. The van der Waals surface area contributed by atoms with Gasteiger partial charge in [-0.25, -0.2) is 14.1 Å². The Morgan fingerprint density at radius 3 is 2.52 bits per heavy atom. The fraction of sp³-hybridized carbons (Fsp3) is 0.105. The molecule has 3 rings (SSSR count). The van der Waals surface area contributed by atoms with Gasteiger partial charge in [-0.15, -0.1) is 0 Å². The number of rotatable bonds is 5. The van der Waals surface area contributed by atoms with Gasteiger partial charge in [0.15, 0.2) is 5.75 Å². The third kappa shape index (κ3) is 4.49. The number of anilines is 1. The number of amides is 4. The van der Waals surface area contributed by atoms with Crippen LogP contribution in [-0.4, -0.2) is 36.4 Å². The van der Waals surface area contributed by atoms with Crippen LogP contribution in [0.1, 0.15) is 5.56 Å². The van der Waals surface area contributed by atoms with Gasteiger partial charge in [-0.2, -0.15) is 0 Å². The lowest BCUT2D eigenvalue weighted by Gasteiger charge is -2.12. The summed E-state index contributed by atoms with van der Waals surface area (Å²) < 4.78 is 18.7. The van der Waals surface area contributed by atoms with Gasteiger partial charge in [0.25, 0.3) is 5.91 Å². The normalized spacial score (nSPS) is 14.9. The lowest BCUT2D eigenvalue weighted by Crippen LogP contribution is -2.38. The molecule has 0 radical (unpaired) electrons. The topological polar surface area (TPSA) is 87.7 Å². The molecule has 1 fully saturated rings. The molecule has 1 aliphatic heterocycles. The molecule has 1 saturated heterocycles. The van der Waals surface area contributed by atoms with E-state index in [1.165, 1.54) is 43.5 Å². The molecule has 0 unspecified atom stereocenters. The first-order valence-electron chi connectivity index (χ1n) is 8.22. The third-order valence-electron chi connectivity index (χ3n) is 3.95. The van der Waals surface area contributed by atoms with Crippen LogP contribution in [0.3, 0.4) is 0 Å². The van der Waals surface area contributed by atoms with Crippen LogP contribution >= 0.6 is 23.2 Å². The number of para-hydroxylation sites is 1. The van der Waals surface area contributed by atoms with Crippen molar-refractivity contribution >= 4 is 52.8 Å². The molecule has 2 aromatic carbocycles. The number of imide groups is 1. The Labute approximate surface area is 175 Å². The van der Waals surface area contributed by atoms with Gasteiger partial charge in [-0.05, 0) is 35.9 Å². The zero-order valence-electron chi connectivity index (χ0n) is 15.0. The highest BCUT2D eigenvalue weighted by Crippen LogP contribution is 2.34. The quantitative estimate of drug-likeness (QED) is 0.551. The van der Waals surface area contributed by atoms with E-state index in [9.17, 15) is 18.8 Å². The number of benzene rings is 2. The minimum absolute atomic E-state index is 0.0529. The van der Waals surface area contributed by atoms with Crippen molar-refractivity contribution in [3.05, 3.63) is 63.5 Å². The summed E-state index contributed by atoms with van der Waals surface area (Å²) in [6.07, 6.45) is 1.37. The minimum Gasteiger partial charge on any atom is -0.494 e. The molecule has 7 nitrogen and oxygen atoms in total. The predicted octanol–water partition coefficient (Wildman–Crippen LogP) is 3.67. The molecule has 0 aliphatic carbocycles. The Morgan fingerprint density at radius 1 is 1.24 bits per heavy atom. The van der Waals surface area contributed by atoms with Crippen molar-refractivity contribution in [2.24, 2.45) is 0 Å². The Bertz CT molecular complexity index is 1020. The Morgan fingerprint density at radius 2 is 1.90 bits per heavy atom. The molecule has 2 aromatic rings. The second kappa shape index (κ2) is 8.50. The Balaban J connectivity index is 1.75. The zero-order valence-corrected chi connectivity index (χ0v) is 16.5. The van der Waals surface area contributed by atoms with Crippen LogP contribution in [0.4, 0.5) is 14.9 Å². The summed E-state index contributed by atoms with van der Waals surface area (Å²) in [5.74, 6) is -1.80. The monoisotopic (exact) mass is 437 g/mol.